The van der Waals surface area contributed by atoms with Gasteiger partial charge in [0.05, 0.1) is 37.1 Å². The molecule has 2 aromatic rings. The summed E-state index contributed by atoms with van der Waals surface area (Å²) in [5, 5.41) is 2.77. The molecule has 0 unspecified atom stereocenters. The fraction of sp³-hybridized carbons (Fsp3) is 0.150. The molecule has 3 rings (SSSR count). The van der Waals surface area contributed by atoms with Crippen LogP contribution in [-0.2, 0) is 9.59 Å². The topological polar surface area (TPSA) is 77.1 Å². The van der Waals surface area contributed by atoms with Crippen LogP contribution < -0.4 is 24.4 Å². The van der Waals surface area contributed by atoms with Crippen LogP contribution in [0.2, 0.25) is 10.0 Å². The Hall–Kier alpha value is -2.81. The van der Waals surface area contributed by atoms with Gasteiger partial charge in [0, 0.05) is 11.6 Å². The average molecular weight is 467 g/mol. The largest absolute Gasteiger partial charge is 0.496 e. The van der Waals surface area contributed by atoms with E-state index in [1.807, 2.05) is 0 Å². The summed E-state index contributed by atoms with van der Waals surface area (Å²) in [5.41, 5.74) is 0.508. The van der Waals surface area contributed by atoms with E-state index in [-0.39, 0.29) is 26.4 Å². The van der Waals surface area contributed by atoms with Gasteiger partial charge < -0.3 is 14.2 Å². The first kappa shape index (κ1) is 21.9. The van der Waals surface area contributed by atoms with Crippen molar-refractivity contribution < 1.29 is 23.8 Å². The van der Waals surface area contributed by atoms with Crippen LogP contribution in [0.3, 0.4) is 0 Å². The molecule has 156 valence electrons. The molecule has 7 nitrogen and oxygen atoms in total. The summed E-state index contributed by atoms with van der Waals surface area (Å²) < 4.78 is 15.9. The van der Waals surface area contributed by atoms with Gasteiger partial charge in [0.25, 0.3) is 11.8 Å². The van der Waals surface area contributed by atoms with Gasteiger partial charge in [-0.3, -0.25) is 19.8 Å². The predicted molar refractivity (Wildman–Crippen MR) is 119 cm³/mol. The third kappa shape index (κ3) is 3.94. The van der Waals surface area contributed by atoms with Crippen molar-refractivity contribution in [2.24, 2.45) is 0 Å². The summed E-state index contributed by atoms with van der Waals surface area (Å²) in [6, 6.07) is 7.96. The maximum atomic E-state index is 13.2. The van der Waals surface area contributed by atoms with Crippen LogP contribution in [0.5, 0.6) is 17.2 Å². The number of hydrogen-bond donors (Lipinski definition) is 1. The number of benzene rings is 2. The minimum Gasteiger partial charge on any atom is -0.496 e. The summed E-state index contributed by atoms with van der Waals surface area (Å²) in [7, 11) is 4.42. The number of hydrogen-bond acceptors (Lipinski definition) is 6. The van der Waals surface area contributed by atoms with Crippen LogP contribution in [0.25, 0.3) is 6.08 Å². The van der Waals surface area contributed by atoms with Crippen molar-refractivity contribution in [2.45, 2.75) is 0 Å². The summed E-state index contributed by atoms with van der Waals surface area (Å²) in [5.74, 6) is -0.106. The van der Waals surface area contributed by atoms with Gasteiger partial charge in [0.15, 0.2) is 16.6 Å². The van der Waals surface area contributed by atoms with Gasteiger partial charge in [-0.1, -0.05) is 29.3 Å². The van der Waals surface area contributed by atoms with E-state index >= 15 is 0 Å². The number of halogens is 2. The lowest BCUT2D eigenvalue weighted by Crippen LogP contribution is -2.54. The number of anilines is 1. The van der Waals surface area contributed by atoms with Crippen LogP contribution in [0, 0.1) is 0 Å². The lowest BCUT2D eigenvalue weighted by atomic mass is 10.1. The maximum Gasteiger partial charge on any atom is 0.270 e. The summed E-state index contributed by atoms with van der Waals surface area (Å²) in [6.45, 7) is 0. The molecule has 1 saturated heterocycles. The zero-order chi connectivity index (χ0) is 22.0. The number of thiocarbonyl (C=S) groups is 1. The van der Waals surface area contributed by atoms with Gasteiger partial charge in [-0.25, -0.2) is 0 Å². The minimum atomic E-state index is -0.662. The normalized spacial score (nSPS) is 15.3. The molecule has 1 N–H and O–H groups in total. The summed E-state index contributed by atoms with van der Waals surface area (Å²) in [4.78, 5) is 26.9. The van der Waals surface area contributed by atoms with Crippen LogP contribution in [0.15, 0.2) is 35.9 Å². The number of nitrogens with one attached hydrogen (secondary N) is 1. The maximum absolute atomic E-state index is 13.2. The van der Waals surface area contributed by atoms with Gasteiger partial charge >= 0.3 is 0 Å². The SMILES string of the molecule is COc1cc(OC)c(OC)cc1/C=C1\C(=O)NC(=S)N(c2cccc(Cl)c2Cl)C1=O. The number of carbonyl (C=O) groups is 2. The van der Waals surface area contributed by atoms with Gasteiger partial charge in [0.1, 0.15) is 11.3 Å². The van der Waals surface area contributed by atoms with E-state index in [4.69, 9.17) is 49.6 Å². The van der Waals surface area contributed by atoms with E-state index in [2.05, 4.69) is 5.32 Å². The van der Waals surface area contributed by atoms with Gasteiger partial charge in [-0.05, 0) is 36.5 Å². The van der Waals surface area contributed by atoms with Gasteiger partial charge in [-0.2, -0.15) is 0 Å². The highest BCUT2D eigenvalue weighted by atomic mass is 35.5. The van der Waals surface area contributed by atoms with Crippen LogP contribution in [-0.4, -0.2) is 38.3 Å². The molecule has 1 heterocycles. The fourth-order valence-corrected chi connectivity index (χ4v) is 3.52. The standard InChI is InChI=1S/C20H16Cl2N2O5S/c1-27-14-9-16(29-3)15(28-2)8-10(14)7-11-18(25)23-20(30)24(19(11)26)13-6-4-5-12(21)17(13)22/h4-9H,1-3H3,(H,23,25,30)/b11-7+. The van der Waals surface area contributed by atoms with Crippen molar-refractivity contribution in [3.05, 3.63) is 51.5 Å². The molecule has 2 aromatic carbocycles. The third-order valence-electron chi connectivity index (χ3n) is 4.31. The van der Waals surface area contributed by atoms with Crippen molar-refractivity contribution in [3.8, 4) is 17.2 Å². The van der Waals surface area contributed by atoms with Crippen molar-refractivity contribution in [1.29, 1.82) is 0 Å². The third-order valence-corrected chi connectivity index (χ3v) is 5.40. The Morgan fingerprint density at radius 2 is 1.63 bits per heavy atom. The lowest BCUT2D eigenvalue weighted by Gasteiger charge is -2.29. The van der Waals surface area contributed by atoms with Gasteiger partial charge in [-0.15, -0.1) is 0 Å². The van der Waals surface area contributed by atoms with Crippen LogP contribution >= 0.6 is 35.4 Å². The Kier molecular flexibility index (Phi) is 6.50. The van der Waals surface area contributed by atoms with Crippen molar-refractivity contribution in [1.82, 2.24) is 5.32 Å². The molecule has 1 aliphatic rings. The molecule has 0 radical (unpaired) electrons. The Morgan fingerprint density at radius 3 is 2.27 bits per heavy atom. The highest BCUT2D eigenvalue weighted by molar-refractivity contribution is 7.80. The zero-order valence-corrected chi connectivity index (χ0v) is 18.4. The van der Waals surface area contributed by atoms with Crippen molar-refractivity contribution in [3.63, 3.8) is 0 Å². The first-order valence-corrected chi connectivity index (χ1v) is 9.64. The Morgan fingerprint density at radius 1 is 1.00 bits per heavy atom. The molecule has 0 spiro atoms. The lowest BCUT2D eigenvalue weighted by molar-refractivity contribution is -0.122. The van der Waals surface area contributed by atoms with Crippen LogP contribution in [0.4, 0.5) is 5.69 Å². The summed E-state index contributed by atoms with van der Waals surface area (Å²) in [6.07, 6.45) is 1.38. The molecule has 0 atom stereocenters. The van der Waals surface area contributed by atoms with E-state index in [9.17, 15) is 9.59 Å². The molecule has 2 amide bonds. The second-order valence-electron chi connectivity index (χ2n) is 5.98. The molecule has 0 saturated carbocycles. The molecular weight excluding hydrogens is 451 g/mol. The molecule has 0 aromatic heterocycles. The average Bonchev–Trinajstić information content (AvgIpc) is 2.73. The highest BCUT2D eigenvalue weighted by Crippen LogP contribution is 2.37. The second-order valence-corrected chi connectivity index (χ2v) is 7.15. The first-order valence-electron chi connectivity index (χ1n) is 8.47. The van der Waals surface area contributed by atoms with E-state index in [0.717, 1.165) is 4.90 Å². The Balaban J connectivity index is 2.12. The van der Waals surface area contributed by atoms with E-state index in [1.54, 1.807) is 30.3 Å². The number of carbonyl (C=O) groups excluding carboxylic acids is 2. The van der Waals surface area contributed by atoms with Crippen molar-refractivity contribution in [2.75, 3.05) is 26.2 Å². The van der Waals surface area contributed by atoms with Crippen molar-refractivity contribution >= 4 is 64.1 Å². The molecule has 0 bridgehead atoms. The number of methoxy groups -OCH3 is 3. The minimum absolute atomic E-state index is 0.106. The Bertz CT molecular complexity index is 1090. The quantitative estimate of drug-likeness (QED) is 0.409. The highest BCUT2D eigenvalue weighted by Gasteiger charge is 2.36. The zero-order valence-electron chi connectivity index (χ0n) is 16.1. The number of nitrogens with zero attached hydrogens (tertiary/aromatic N) is 1. The second kappa shape index (κ2) is 8.91. The molecule has 1 aliphatic heterocycles. The molecule has 1 fully saturated rings. The molecule has 10 heteroatoms. The number of ether oxygens (including phenoxy) is 3. The van der Waals surface area contributed by atoms with Crippen LogP contribution in [0.1, 0.15) is 5.56 Å². The number of amides is 2. The molecule has 0 aliphatic carbocycles. The van der Waals surface area contributed by atoms with E-state index < -0.39 is 11.8 Å². The Labute approximate surface area is 188 Å². The van der Waals surface area contributed by atoms with Gasteiger partial charge in [0.2, 0.25) is 0 Å². The first-order chi connectivity index (χ1) is 14.3. The summed E-state index contributed by atoms with van der Waals surface area (Å²) >= 11 is 17.5. The number of rotatable bonds is 5. The smallest absolute Gasteiger partial charge is 0.270 e. The predicted octanol–water partition coefficient (Wildman–Crippen LogP) is 3.85. The van der Waals surface area contributed by atoms with E-state index in [0.29, 0.717) is 22.8 Å². The molecule has 30 heavy (non-hydrogen) atoms. The fourth-order valence-electron chi connectivity index (χ4n) is 2.86. The molecular formula is C20H16Cl2N2O5S. The van der Waals surface area contributed by atoms with E-state index in [1.165, 1.54) is 27.4 Å². The monoisotopic (exact) mass is 466 g/mol.